The van der Waals surface area contributed by atoms with Crippen LogP contribution in [0.5, 0.6) is 0 Å². The van der Waals surface area contributed by atoms with E-state index in [2.05, 4.69) is 29.6 Å². The van der Waals surface area contributed by atoms with Gasteiger partial charge in [0, 0.05) is 18.1 Å². The lowest BCUT2D eigenvalue weighted by molar-refractivity contribution is -0.143. The molecule has 0 spiro atoms. The van der Waals surface area contributed by atoms with Gasteiger partial charge in [-0.3, -0.25) is 13.9 Å². The van der Waals surface area contributed by atoms with Gasteiger partial charge >= 0.3 is 16.4 Å². The SMILES string of the molecule is COC(=O)C(c1ccccc1)C1CCCCN1.C[C@H](N)Cc1ccccc1.C[C@H](N)Cc1ccccc1.O=S(=O)(O)O. The maximum absolute atomic E-state index is 11.9. The van der Waals surface area contributed by atoms with Crippen molar-refractivity contribution in [1.82, 2.24) is 5.32 Å². The van der Waals surface area contributed by atoms with Gasteiger partial charge in [-0.1, -0.05) is 97.4 Å². The van der Waals surface area contributed by atoms with Gasteiger partial charge in [0.05, 0.1) is 13.0 Å². The number of hydrogen-bond acceptors (Lipinski definition) is 7. The first-order chi connectivity index (χ1) is 19.9. The van der Waals surface area contributed by atoms with Crippen molar-refractivity contribution in [2.75, 3.05) is 13.7 Å². The minimum Gasteiger partial charge on any atom is -0.469 e. The lowest BCUT2D eigenvalue weighted by atomic mass is 9.86. The van der Waals surface area contributed by atoms with E-state index < -0.39 is 10.4 Å². The third-order valence-corrected chi connectivity index (χ3v) is 6.17. The van der Waals surface area contributed by atoms with Gasteiger partial charge in [-0.25, -0.2) is 0 Å². The fraction of sp³-hybridized carbons (Fsp3) is 0.406. The zero-order valence-corrected chi connectivity index (χ0v) is 25.6. The minimum atomic E-state index is -4.67. The summed E-state index contributed by atoms with van der Waals surface area (Å²) in [6.07, 6.45) is 5.35. The molecule has 0 aliphatic carbocycles. The van der Waals surface area contributed by atoms with Crippen LogP contribution in [0, 0.1) is 0 Å². The average Bonchev–Trinajstić information content (AvgIpc) is 2.94. The Morgan fingerprint density at radius 3 is 1.57 bits per heavy atom. The Kier molecular flexibility index (Phi) is 18.2. The molecular weight excluding hydrogens is 554 g/mol. The van der Waals surface area contributed by atoms with E-state index >= 15 is 0 Å². The van der Waals surface area contributed by atoms with Gasteiger partial charge in [0.15, 0.2) is 0 Å². The van der Waals surface area contributed by atoms with Crippen molar-refractivity contribution in [3.63, 3.8) is 0 Å². The van der Waals surface area contributed by atoms with Crippen LogP contribution in [0.15, 0.2) is 91.0 Å². The fourth-order valence-corrected chi connectivity index (χ4v) is 4.46. The molecule has 1 saturated heterocycles. The predicted octanol–water partition coefficient (Wildman–Crippen LogP) is 4.59. The van der Waals surface area contributed by atoms with Crippen LogP contribution in [0.3, 0.4) is 0 Å². The first-order valence-electron chi connectivity index (χ1n) is 14.1. The zero-order chi connectivity index (χ0) is 31.4. The Morgan fingerprint density at radius 2 is 1.24 bits per heavy atom. The molecule has 0 aromatic heterocycles. The normalized spacial score (nSPS) is 16.4. The largest absolute Gasteiger partial charge is 0.469 e. The number of carbonyl (C=O) groups excluding carboxylic acids is 1. The molecule has 1 fully saturated rings. The summed E-state index contributed by atoms with van der Waals surface area (Å²) >= 11 is 0. The van der Waals surface area contributed by atoms with Crippen LogP contribution in [0.4, 0.5) is 0 Å². The first kappa shape index (κ1) is 36.9. The van der Waals surface area contributed by atoms with E-state index in [1.54, 1.807) is 0 Å². The molecule has 3 aromatic carbocycles. The van der Waals surface area contributed by atoms with Crippen LogP contribution in [-0.4, -0.2) is 55.3 Å². The summed E-state index contributed by atoms with van der Waals surface area (Å²) in [6.45, 7) is 5.03. The number of esters is 1. The van der Waals surface area contributed by atoms with E-state index in [0.29, 0.717) is 0 Å². The fourth-order valence-electron chi connectivity index (χ4n) is 4.46. The van der Waals surface area contributed by atoms with E-state index in [1.807, 2.05) is 80.6 Å². The lowest BCUT2D eigenvalue weighted by Crippen LogP contribution is -2.42. The molecule has 2 unspecified atom stereocenters. The van der Waals surface area contributed by atoms with Gasteiger partial charge in [0.2, 0.25) is 0 Å². The highest BCUT2D eigenvalue weighted by Gasteiger charge is 2.31. The molecule has 9 nitrogen and oxygen atoms in total. The summed E-state index contributed by atoms with van der Waals surface area (Å²) in [4.78, 5) is 11.9. The number of piperidine rings is 1. The molecule has 0 amide bonds. The van der Waals surface area contributed by atoms with Gasteiger partial charge in [0.1, 0.15) is 0 Å². The van der Waals surface area contributed by atoms with Gasteiger partial charge in [0.25, 0.3) is 0 Å². The highest BCUT2D eigenvalue weighted by Crippen LogP contribution is 2.26. The molecule has 4 rings (SSSR count). The quantitative estimate of drug-likeness (QED) is 0.192. The summed E-state index contributed by atoms with van der Waals surface area (Å²) in [5, 5.41) is 3.43. The van der Waals surface area contributed by atoms with Gasteiger partial charge in [-0.15, -0.1) is 0 Å². The Morgan fingerprint density at radius 1 is 0.833 bits per heavy atom. The Bertz CT molecular complexity index is 1150. The highest BCUT2D eigenvalue weighted by atomic mass is 32.3. The van der Waals surface area contributed by atoms with Gasteiger partial charge in [-0.2, -0.15) is 8.42 Å². The maximum atomic E-state index is 11.9. The number of carbonyl (C=O) groups is 1. The van der Waals surface area contributed by atoms with Crippen LogP contribution >= 0.6 is 0 Å². The highest BCUT2D eigenvalue weighted by molar-refractivity contribution is 7.79. The third kappa shape index (κ3) is 18.3. The van der Waals surface area contributed by atoms with Crippen molar-refractivity contribution in [3.8, 4) is 0 Å². The van der Waals surface area contributed by atoms with Crippen molar-refractivity contribution < 1.29 is 27.1 Å². The number of ether oxygens (including phenoxy) is 1. The Hall–Kier alpha value is -3.12. The standard InChI is InChI=1S/C14H19NO2.2C9H13N.H2O4S/c1-17-14(16)13(11-7-3-2-4-8-11)12-9-5-6-10-15-12;2*1-8(10)7-9-5-3-2-4-6-9;1-5(2,3)4/h2-4,7-8,12-13,15H,5-6,9-10H2,1H3;2*2-6,8H,7,10H2,1H3;(H2,1,2,3,4)/t;2*8-;/m.00./s1. The van der Waals surface area contributed by atoms with E-state index in [-0.39, 0.29) is 30.0 Å². The van der Waals surface area contributed by atoms with Gasteiger partial charge in [-0.05, 0) is 62.8 Å². The van der Waals surface area contributed by atoms with Crippen LogP contribution in [0.25, 0.3) is 0 Å². The molecule has 1 heterocycles. The number of benzene rings is 3. The zero-order valence-electron chi connectivity index (χ0n) is 24.8. The van der Waals surface area contributed by atoms with Crippen LogP contribution in [0.2, 0.25) is 0 Å². The second-order valence-corrected chi connectivity index (χ2v) is 11.1. The lowest BCUT2D eigenvalue weighted by Gasteiger charge is -2.29. The summed E-state index contributed by atoms with van der Waals surface area (Å²) < 4.78 is 36.5. The van der Waals surface area contributed by atoms with E-state index in [4.69, 9.17) is 33.7 Å². The molecule has 1 aliphatic heterocycles. The molecule has 4 atom stereocenters. The second kappa shape index (κ2) is 20.7. The maximum Gasteiger partial charge on any atom is 0.394 e. The molecule has 3 aromatic rings. The molecular formula is C32H47N3O6S. The van der Waals surface area contributed by atoms with Crippen LogP contribution < -0.4 is 16.8 Å². The third-order valence-electron chi connectivity index (χ3n) is 6.17. The molecule has 232 valence electrons. The molecule has 10 heteroatoms. The number of nitrogens with two attached hydrogens (primary N) is 2. The molecule has 1 aliphatic rings. The molecule has 0 bridgehead atoms. The van der Waals surface area contributed by atoms with Crippen molar-refractivity contribution in [2.24, 2.45) is 11.5 Å². The Balaban J connectivity index is 0.000000305. The predicted molar refractivity (Wildman–Crippen MR) is 169 cm³/mol. The number of rotatable bonds is 7. The summed E-state index contributed by atoms with van der Waals surface area (Å²) in [6, 6.07) is 31.2. The average molecular weight is 602 g/mol. The van der Waals surface area contributed by atoms with E-state index in [1.165, 1.54) is 31.1 Å². The molecule has 7 N–H and O–H groups in total. The topological polar surface area (TPSA) is 165 Å². The monoisotopic (exact) mass is 601 g/mol. The molecule has 0 saturated carbocycles. The summed E-state index contributed by atoms with van der Waals surface area (Å²) in [5.74, 6) is -0.322. The Labute approximate surface area is 251 Å². The van der Waals surface area contributed by atoms with Crippen LogP contribution in [0.1, 0.15) is 55.7 Å². The van der Waals surface area contributed by atoms with Crippen molar-refractivity contribution in [2.45, 2.75) is 70.0 Å². The van der Waals surface area contributed by atoms with E-state index in [9.17, 15) is 4.79 Å². The number of hydrogen-bond donors (Lipinski definition) is 5. The molecule has 0 radical (unpaired) electrons. The van der Waals surface area contributed by atoms with Crippen LogP contribution in [-0.2, 0) is 32.8 Å². The summed E-state index contributed by atoms with van der Waals surface area (Å²) in [7, 11) is -3.21. The van der Waals surface area contributed by atoms with Crippen molar-refractivity contribution in [3.05, 3.63) is 108 Å². The second-order valence-electron chi connectivity index (χ2n) is 10.2. The smallest absolute Gasteiger partial charge is 0.394 e. The number of methoxy groups -OCH3 is 1. The van der Waals surface area contributed by atoms with E-state index in [0.717, 1.165) is 31.4 Å². The minimum absolute atomic E-state index is 0.143. The molecule has 42 heavy (non-hydrogen) atoms. The van der Waals surface area contributed by atoms with Crippen molar-refractivity contribution >= 4 is 16.4 Å². The first-order valence-corrected chi connectivity index (χ1v) is 15.5. The summed E-state index contributed by atoms with van der Waals surface area (Å²) in [5.41, 5.74) is 14.9. The van der Waals surface area contributed by atoms with Crippen molar-refractivity contribution in [1.29, 1.82) is 0 Å². The van der Waals surface area contributed by atoms with Gasteiger partial charge < -0.3 is 21.5 Å². The number of nitrogens with one attached hydrogen (secondary N) is 1.